The van der Waals surface area contributed by atoms with E-state index in [1.165, 1.54) is 15.8 Å². The number of aromatic nitrogens is 1. The zero-order valence-corrected chi connectivity index (χ0v) is 11.2. The van der Waals surface area contributed by atoms with Crippen LogP contribution in [0.1, 0.15) is 5.56 Å². The number of hydrogen-bond donors (Lipinski definition) is 1. The van der Waals surface area contributed by atoms with E-state index in [-0.39, 0.29) is 0 Å². The normalized spacial score (nSPS) is 10.8. The van der Waals surface area contributed by atoms with Crippen molar-refractivity contribution in [3.05, 3.63) is 48.0 Å². The van der Waals surface area contributed by atoms with Gasteiger partial charge in [0.2, 0.25) is 0 Å². The van der Waals surface area contributed by atoms with Gasteiger partial charge in [-0.15, -0.1) is 11.3 Å². The van der Waals surface area contributed by atoms with Crippen LogP contribution in [0.5, 0.6) is 0 Å². The van der Waals surface area contributed by atoms with E-state index in [9.17, 15) is 0 Å². The molecule has 0 aliphatic heterocycles. The van der Waals surface area contributed by atoms with Crippen LogP contribution in [0, 0.1) is 6.92 Å². The molecule has 3 heteroatoms. The molecule has 2 nitrogen and oxygen atoms in total. The second-order valence-corrected chi connectivity index (χ2v) is 5.25. The molecule has 1 heterocycles. The Morgan fingerprint density at radius 1 is 1.06 bits per heavy atom. The van der Waals surface area contributed by atoms with Gasteiger partial charge in [0.05, 0.1) is 10.2 Å². The van der Waals surface area contributed by atoms with Gasteiger partial charge in [0.1, 0.15) is 5.01 Å². The number of para-hydroxylation sites is 1. The maximum absolute atomic E-state index is 4.71. The Balaban J connectivity index is 2.20. The molecule has 3 rings (SSSR count). The minimum atomic E-state index is 1.08. The summed E-state index contributed by atoms with van der Waals surface area (Å²) >= 11 is 1.74. The predicted molar refractivity (Wildman–Crippen MR) is 79.3 cm³/mol. The Hall–Kier alpha value is -1.87. The standard InChI is InChI=1S/C15H14N2S/c1-10-11(6-5-8-12(10)16-2)15-17-13-7-3-4-9-14(13)18-15/h3-9,16H,1-2H3. The van der Waals surface area contributed by atoms with E-state index in [4.69, 9.17) is 4.98 Å². The molecule has 0 aliphatic carbocycles. The van der Waals surface area contributed by atoms with E-state index in [0.717, 1.165) is 16.2 Å². The van der Waals surface area contributed by atoms with Crippen LogP contribution < -0.4 is 5.32 Å². The summed E-state index contributed by atoms with van der Waals surface area (Å²) in [5.74, 6) is 0. The van der Waals surface area contributed by atoms with E-state index in [0.29, 0.717) is 0 Å². The van der Waals surface area contributed by atoms with Crippen LogP contribution in [0.15, 0.2) is 42.5 Å². The van der Waals surface area contributed by atoms with Gasteiger partial charge in [0.15, 0.2) is 0 Å². The monoisotopic (exact) mass is 254 g/mol. The second-order valence-electron chi connectivity index (χ2n) is 4.21. The maximum Gasteiger partial charge on any atom is 0.124 e. The van der Waals surface area contributed by atoms with E-state index in [1.54, 1.807) is 11.3 Å². The number of thiazole rings is 1. The maximum atomic E-state index is 4.71. The molecule has 0 unspecified atom stereocenters. The Labute approximate surface area is 110 Å². The molecule has 2 aromatic carbocycles. The van der Waals surface area contributed by atoms with Gasteiger partial charge in [-0.25, -0.2) is 4.98 Å². The third kappa shape index (κ3) is 1.77. The fourth-order valence-corrected chi connectivity index (χ4v) is 3.17. The number of nitrogens with zero attached hydrogens (tertiary/aromatic N) is 1. The summed E-state index contributed by atoms with van der Waals surface area (Å²) in [6.45, 7) is 2.13. The molecule has 0 aliphatic rings. The SMILES string of the molecule is CNc1cccc(-c2nc3ccccc3s2)c1C. The van der Waals surface area contributed by atoms with Crippen LogP contribution >= 0.6 is 11.3 Å². The first-order valence-corrected chi connectivity index (χ1v) is 6.74. The largest absolute Gasteiger partial charge is 0.388 e. The van der Waals surface area contributed by atoms with Crippen LogP contribution in [-0.4, -0.2) is 12.0 Å². The average Bonchev–Trinajstić information content (AvgIpc) is 2.82. The zero-order chi connectivity index (χ0) is 12.5. The molecule has 0 radical (unpaired) electrons. The van der Waals surface area contributed by atoms with Crippen molar-refractivity contribution >= 4 is 27.2 Å². The third-order valence-corrected chi connectivity index (χ3v) is 4.20. The van der Waals surface area contributed by atoms with E-state index < -0.39 is 0 Å². The first-order valence-electron chi connectivity index (χ1n) is 5.93. The van der Waals surface area contributed by atoms with Crippen LogP contribution in [0.25, 0.3) is 20.8 Å². The van der Waals surface area contributed by atoms with Crippen molar-refractivity contribution in [2.75, 3.05) is 12.4 Å². The third-order valence-electron chi connectivity index (χ3n) is 3.13. The Morgan fingerprint density at radius 2 is 1.89 bits per heavy atom. The van der Waals surface area contributed by atoms with Gasteiger partial charge in [0.25, 0.3) is 0 Å². The lowest BCUT2D eigenvalue weighted by atomic mass is 10.1. The molecule has 0 amide bonds. The second kappa shape index (κ2) is 4.42. The molecule has 3 aromatic rings. The number of fused-ring (bicyclic) bond motifs is 1. The number of hydrogen-bond acceptors (Lipinski definition) is 3. The molecular weight excluding hydrogens is 240 g/mol. The zero-order valence-electron chi connectivity index (χ0n) is 10.4. The molecule has 0 saturated carbocycles. The first kappa shape index (κ1) is 11.2. The minimum absolute atomic E-state index is 1.08. The lowest BCUT2D eigenvalue weighted by Gasteiger charge is -2.08. The van der Waals surface area contributed by atoms with Gasteiger partial charge < -0.3 is 5.32 Å². The van der Waals surface area contributed by atoms with Crippen molar-refractivity contribution < 1.29 is 0 Å². The Morgan fingerprint density at radius 3 is 2.67 bits per heavy atom. The highest BCUT2D eigenvalue weighted by molar-refractivity contribution is 7.21. The first-order chi connectivity index (χ1) is 8.79. The lowest BCUT2D eigenvalue weighted by molar-refractivity contribution is 1.38. The quantitative estimate of drug-likeness (QED) is 0.737. The molecule has 0 atom stereocenters. The van der Waals surface area contributed by atoms with Crippen molar-refractivity contribution in [2.45, 2.75) is 6.92 Å². The van der Waals surface area contributed by atoms with Crippen LogP contribution in [0.4, 0.5) is 5.69 Å². The van der Waals surface area contributed by atoms with Gasteiger partial charge in [-0.2, -0.15) is 0 Å². The van der Waals surface area contributed by atoms with E-state index in [1.807, 2.05) is 13.1 Å². The highest BCUT2D eigenvalue weighted by Gasteiger charge is 2.09. The summed E-state index contributed by atoms with van der Waals surface area (Å²) in [5.41, 5.74) is 4.70. The summed E-state index contributed by atoms with van der Waals surface area (Å²) in [6.07, 6.45) is 0. The molecular formula is C15H14N2S. The number of nitrogens with one attached hydrogen (secondary N) is 1. The number of anilines is 1. The molecule has 1 aromatic heterocycles. The van der Waals surface area contributed by atoms with Gasteiger partial charge >= 0.3 is 0 Å². The molecule has 0 bridgehead atoms. The minimum Gasteiger partial charge on any atom is -0.388 e. The van der Waals surface area contributed by atoms with Crippen LogP contribution in [0.3, 0.4) is 0 Å². The predicted octanol–water partition coefficient (Wildman–Crippen LogP) is 4.31. The van der Waals surface area contributed by atoms with Gasteiger partial charge in [0, 0.05) is 18.3 Å². The van der Waals surface area contributed by atoms with E-state index in [2.05, 4.69) is 48.6 Å². The Kier molecular flexibility index (Phi) is 2.76. The highest BCUT2D eigenvalue weighted by atomic mass is 32.1. The average molecular weight is 254 g/mol. The van der Waals surface area contributed by atoms with Gasteiger partial charge in [-0.3, -0.25) is 0 Å². The van der Waals surface area contributed by atoms with Gasteiger partial charge in [-0.05, 0) is 30.7 Å². The summed E-state index contributed by atoms with van der Waals surface area (Å²) in [4.78, 5) is 4.71. The molecule has 90 valence electrons. The van der Waals surface area contributed by atoms with Crippen molar-refractivity contribution in [1.29, 1.82) is 0 Å². The van der Waals surface area contributed by atoms with Crippen molar-refractivity contribution in [2.24, 2.45) is 0 Å². The summed E-state index contributed by atoms with van der Waals surface area (Å²) in [7, 11) is 1.95. The van der Waals surface area contributed by atoms with Crippen LogP contribution in [0.2, 0.25) is 0 Å². The molecule has 0 saturated heterocycles. The highest BCUT2D eigenvalue weighted by Crippen LogP contribution is 2.34. The summed E-state index contributed by atoms with van der Waals surface area (Å²) < 4.78 is 1.24. The smallest absolute Gasteiger partial charge is 0.124 e. The van der Waals surface area contributed by atoms with Crippen molar-refractivity contribution in [3.63, 3.8) is 0 Å². The van der Waals surface area contributed by atoms with E-state index >= 15 is 0 Å². The van der Waals surface area contributed by atoms with Crippen LogP contribution in [-0.2, 0) is 0 Å². The summed E-state index contributed by atoms with van der Waals surface area (Å²) in [5, 5.41) is 4.30. The fraction of sp³-hybridized carbons (Fsp3) is 0.133. The lowest BCUT2D eigenvalue weighted by Crippen LogP contribution is -1.93. The fourth-order valence-electron chi connectivity index (χ4n) is 2.13. The summed E-state index contributed by atoms with van der Waals surface area (Å²) in [6, 6.07) is 14.6. The topological polar surface area (TPSA) is 24.9 Å². The van der Waals surface area contributed by atoms with Crippen molar-refractivity contribution in [1.82, 2.24) is 4.98 Å². The molecule has 0 fully saturated rings. The van der Waals surface area contributed by atoms with Crippen molar-refractivity contribution in [3.8, 4) is 10.6 Å². The van der Waals surface area contributed by atoms with Gasteiger partial charge in [-0.1, -0.05) is 24.3 Å². The number of rotatable bonds is 2. The molecule has 1 N–H and O–H groups in total. The molecule has 0 spiro atoms. The molecule has 18 heavy (non-hydrogen) atoms. The number of benzene rings is 2. The Bertz CT molecular complexity index is 668.